The van der Waals surface area contributed by atoms with Crippen LogP contribution in [0.5, 0.6) is 0 Å². The zero-order valence-electron chi connectivity index (χ0n) is 9.55. The van der Waals surface area contributed by atoms with Gasteiger partial charge in [0.25, 0.3) is 0 Å². The molecule has 18 heavy (non-hydrogen) atoms. The van der Waals surface area contributed by atoms with E-state index in [2.05, 4.69) is 4.98 Å². The minimum absolute atomic E-state index is 0.247. The molecule has 0 fully saturated rings. The number of aromatic nitrogens is 2. The van der Waals surface area contributed by atoms with Crippen molar-refractivity contribution in [3.63, 3.8) is 0 Å². The van der Waals surface area contributed by atoms with Crippen molar-refractivity contribution in [3.8, 4) is 0 Å². The van der Waals surface area contributed by atoms with E-state index in [9.17, 15) is 4.79 Å². The summed E-state index contributed by atoms with van der Waals surface area (Å²) in [7, 11) is 1.80. The van der Waals surface area contributed by atoms with E-state index in [0.29, 0.717) is 16.3 Å². The van der Waals surface area contributed by atoms with Crippen LogP contribution in [0.4, 0.5) is 0 Å². The first-order valence-corrected chi connectivity index (χ1v) is 5.73. The Bertz CT molecular complexity index is 742. The van der Waals surface area contributed by atoms with Gasteiger partial charge in [-0.05, 0) is 12.1 Å². The van der Waals surface area contributed by atoms with Gasteiger partial charge in [0.2, 0.25) is 5.78 Å². The number of halogens is 1. The molecule has 0 N–H and O–H groups in total. The Morgan fingerprint density at radius 3 is 2.94 bits per heavy atom. The molecule has 0 bridgehead atoms. The lowest BCUT2D eigenvalue weighted by molar-refractivity contribution is 0.101. The van der Waals surface area contributed by atoms with Crippen molar-refractivity contribution in [3.05, 3.63) is 53.3 Å². The summed E-state index contributed by atoms with van der Waals surface area (Å²) in [4.78, 5) is 16.1. The van der Waals surface area contributed by atoms with E-state index < -0.39 is 0 Å². The minimum atomic E-state index is -0.247. The fraction of sp³-hybridized carbons (Fsp3) is 0.0769. The number of hydrogen-bond acceptors (Lipinski definition) is 3. The summed E-state index contributed by atoms with van der Waals surface area (Å²) in [5.74, 6) is -0.000309. The number of rotatable bonds is 2. The van der Waals surface area contributed by atoms with Crippen LogP contribution in [0.2, 0.25) is 5.02 Å². The summed E-state index contributed by atoms with van der Waals surface area (Å²) < 4.78 is 7.20. The average molecular weight is 261 g/mol. The van der Waals surface area contributed by atoms with Crippen LogP contribution in [0.3, 0.4) is 0 Å². The second-order valence-corrected chi connectivity index (χ2v) is 4.43. The van der Waals surface area contributed by atoms with Gasteiger partial charge in [-0.1, -0.05) is 23.7 Å². The Morgan fingerprint density at radius 2 is 2.28 bits per heavy atom. The van der Waals surface area contributed by atoms with Crippen molar-refractivity contribution < 1.29 is 9.21 Å². The van der Waals surface area contributed by atoms with Crippen molar-refractivity contribution >= 4 is 28.4 Å². The molecule has 0 atom stereocenters. The number of ketones is 1. The van der Waals surface area contributed by atoms with Gasteiger partial charge < -0.3 is 8.98 Å². The van der Waals surface area contributed by atoms with Crippen molar-refractivity contribution in [2.45, 2.75) is 0 Å². The lowest BCUT2D eigenvalue weighted by Gasteiger charge is -1.91. The summed E-state index contributed by atoms with van der Waals surface area (Å²) in [5, 5.41) is 1.30. The second kappa shape index (κ2) is 3.99. The number of carbonyl (C=O) groups is 1. The van der Waals surface area contributed by atoms with E-state index in [1.807, 2.05) is 12.1 Å². The van der Waals surface area contributed by atoms with E-state index in [-0.39, 0.29) is 11.5 Å². The molecule has 0 radical (unpaired) electrons. The Balaban J connectivity index is 2.10. The predicted molar refractivity (Wildman–Crippen MR) is 67.9 cm³/mol. The summed E-state index contributed by atoms with van der Waals surface area (Å²) in [5.41, 5.74) is 0.881. The third kappa shape index (κ3) is 1.71. The molecule has 4 nitrogen and oxygen atoms in total. The molecule has 2 aromatic heterocycles. The number of nitrogens with zero attached hydrogens (tertiary/aromatic N) is 2. The van der Waals surface area contributed by atoms with Crippen LogP contribution >= 0.6 is 11.6 Å². The van der Waals surface area contributed by atoms with Crippen LogP contribution in [0.25, 0.3) is 11.0 Å². The summed E-state index contributed by atoms with van der Waals surface area (Å²) in [6, 6.07) is 7.07. The quantitative estimate of drug-likeness (QED) is 0.666. The number of fused-ring (bicyclic) bond motifs is 1. The van der Waals surface area contributed by atoms with Gasteiger partial charge in [0, 0.05) is 18.6 Å². The van der Waals surface area contributed by atoms with Crippen molar-refractivity contribution in [1.29, 1.82) is 0 Å². The maximum Gasteiger partial charge on any atom is 0.248 e. The standard InChI is InChI=1S/C13H9ClN2O2/c1-16-6-10(15-7-16)12(17)11-5-8-3-2-4-9(14)13(8)18-11/h2-7H,1H3. The van der Waals surface area contributed by atoms with Crippen molar-refractivity contribution in [2.75, 3.05) is 0 Å². The van der Waals surface area contributed by atoms with Gasteiger partial charge in [0.1, 0.15) is 5.69 Å². The topological polar surface area (TPSA) is 48.0 Å². The van der Waals surface area contributed by atoms with Crippen LogP contribution in [-0.2, 0) is 7.05 Å². The molecule has 5 heteroatoms. The zero-order chi connectivity index (χ0) is 12.7. The van der Waals surface area contributed by atoms with E-state index in [0.717, 1.165) is 5.39 Å². The number of benzene rings is 1. The summed E-state index contributed by atoms with van der Waals surface area (Å²) in [6.45, 7) is 0. The van der Waals surface area contributed by atoms with Gasteiger partial charge in [-0.25, -0.2) is 4.98 Å². The van der Waals surface area contributed by atoms with Crippen molar-refractivity contribution in [1.82, 2.24) is 9.55 Å². The highest BCUT2D eigenvalue weighted by Gasteiger charge is 2.17. The maximum atomic E-state index is 12.1. The molecule has 1 aromatic carbocycles. The Labute approximate surface area is 108 Å². The average Bonchev–Trinajstić information content (AvgIpc) is 2.95. The molecule has 0 saturated heterocycles. The van der Waals surface area contributed by atoms with Crippen LogP contribution in [0, 0.1) is 0 Å². The Morgan fingerprint density at radius 1 is 1.44 bits per heavy atom. The Hall–Kier alpha value is -2.07. The number of imidazole rings is 1. The fourth-order valence-corrected chi connectivity index (χ4v) is 2.02. The van der Waals surface area contributed by atoms with Gasteiger partial charge >= 0.3 is 0 Å². The normalized spacial score (nSPS) is 11.0. The fourth-order valence-electron chi connectivity index (χ4n) is 1.80. The number of furan rings is 1. The monoisotopic (exact) mass is 260 g/mol. The molecule has 0 unspecified atom stereocenters. The van der Waals surface area contributed by atoms with Gasteiger partial charge in [0.15, 0.2) is 11.3 Å². The van der Waals surface area contributed by atoms with E-state index >= 15 is 0 Å². The molecule has 0 aliphatic carbocycles. The van der Waals surface area contributed by atoms with Gasteiger partial charge in [0.05, 0.1) is 11.3 Å². The first kappa shape index (κ1) is 11.0. The molecule has 0 aliphatic heterocycles. The van der Waals surface area contributed by atoms with Crippen LogP contribution in [0.1, 0.15) is 16.2 Å². The molecule has 3 aromatic rings. The molecule has 0 spiro atoms. The highest BCUT2D eigenvalue weighted by molar-refractivity contribution is 6.35. The third-order valence-corrected chi connectivity index (χ3v) is 2.95. The van der Waals surface area contributed by atoms with Gasteiger partial charge in [-0.15, -0.1) is 0 Å². The van der Waals surface area contributed by atoms with Crippen molar-refractivity contribution in [2.24, 2.45) is 7.05 Å². The first-order valence-electron chi connectivity index (χ1n) is 5.36. The SMILES string of the molecule is Cn1cnc(C(=O)c2cc3cccc(Cl)c3o2)c1. The van der Waals surface area contributed by atoms with E-state index in [4.69, 9.17) is 16.0 Å². The largest absolute Gasteiger partial charge is 0.451 e. The second-order valence-electron chi connectivity index (χ2n) is 4.02. The van der Waals surface area contributed by atoms with Crippen LogP contribution in [0.15, 0.2) is 41.2 Å². The van der Waals surface area contributed by atoms with E-state index in [1.54, 1.807) is 36.3 Å². The lowest BCUT2D eigenvalue weighted by atomic mass is 10.2. The lowest BCUT2D eigenvalue weighted by Crippen LogP contribution is -1.99. The highest BCUT2D eigenvalue weighted by atomic mass is 35.5. The number of hydrogen-bond donors (Lipinski definition) is 0. The molecule has 2 heterocycles. The number of aryl methyl sites for hydroxylation is 1. The molecule has 3 rings (SSSR count). The number of para-hydroxylation sites is 1. The van der Waals surface area contributed by atoms with Crippen LogP contribution in [-0.4, -0.2) is 15.3 Å². The summed E-state index contributed by atoms with van der Waals surface area (Å²) >= 11 is 6.00. The number of carbonyl (C=O) groups excluding carboxylic acids is 1. The van der Waals surface area contributed by atoms with Crippen LogP contribution < -0.4 is 0 Å². The first-order chi connectivity index (χ1) is 8.65. The van der Waals surface area contributed by atoms with Gasteiger partial charge in [-0.3, -0.25) is 4.79 Å². The minimum Gasteiger partial charge on any atom is -0.451 e. The molecule has 0 aliphatic rings. The molecular weight excluding hydrogens is 252 g/mol. The molecular formula is C13H9ClN2O2. The molecule has 0 saturated carbocycles. The maximum absolute atomic E-state index is 12.1. The Kier molecular flexibility index (Phi) is 2.45. The smallest absolute Gasteiger partial charge is 0.248 e. The summed E-state index contributed by atoms with van der Waals surface area (Å²) in [6.07, 6.45) is 3.22. The molecule has 0 amide bonds. The third-order valence-electron chi connectivity index (χ3n) is 2.66. The molecule has 90 valence electrons. The van der Waals surface area contributed by atoms with Gasteiger partial charge in [-0.2, -0.15) is 0 Å². The predicted octanol–water partition coefficient (Wildman–Crippen LogP) is 3.05. The van der Waals surface area contributed by atoms with E-state index in [1.165, 1.54) is 0 Å². The highest BCUT2D eigenvalue weighted by Crippen LogP contribution is 2.27. The zero-order valence-corrected chi connectivity index (χ0v) is 10.3.